The maximum atomic E-state index is 6.00. The summed E-state index contributed by atoms with van der Waals surface area (Å²) in [4.78, 5) is 4.26. The molecule has 1 heterocycles. The SMILES string of the molecule is Nc1ncc(C2CC2N)cc1-c1cccc(Cl)c1. The first-order valence-corrected chi connectivity index (χ1v) is 6.30. The number of nitrogens with zero attached hydrogens (tertiary/aromatic N) is 1. The molecule has 0 saturated heterocycles. The number of nitrogen functional groups attached to an aromatic ring is 1. The zero-order valence-electron chi connectivity index (χ0n) is 9.81. The Morgan fingerprint density at radius 3 is 2.72 bits per heavy atom. The molecule has 18 heavy (non-hydrogen) atoms. The summed E-state index contributed by atoms with van der Waals surface area (Å²) in [5.41, 5.74) is 14.9. The van der Waals surface area contributed by atoms with Gasteiger partial charge < -0.3 is 11.5 Å². The van der Waals surface area contributed by atoms with E-state index in [2.05, 4.69) is 11.1 Å². The van der Waals surface area contributed by atoms with Crippen LogP contribution in [-0.4, -0.2) is 11.0 Å². The summed E-state index contributed by atoms with van der Waals surface area (Å²) < 4.78 is 0. The molecule has 1 aromatic carbocycles. The lowest BCUT2D eigenvalue weighted by Crippen LogP contribution is -2.02. The van der Waals surface area contributed by atoms with Gasteiger partial charge in [0.25, 0.3) is 0 Å². The number of rotatable bonds is 2. The van der Waals surface area contributed by atoms with E-state index in [0.29, 0.717) is 16.8 Å². The van der Waals surface area contributed by atoms with Crippen molar-refractivity contribution < 1.29 is 0 Å². The summed E-state index contributed by atoms with van der Waals surface area (Å²) in [6.45, 7) is 0. The first-order chi connectivity index (χ1) is 8.65. The fourth-order valence-corrected chi connectivity index (χ4v) is 2.37. The highest BCUT2D eigenvalue weighted by Crippen LogP contribution is 2.40. The highest BCUT2D eigenvalue weighted by Gasteiger charge is 2.35. The van der Waals surface area contributed by atoms with E-state index in [0.717, 1.165) is 23.1 Å². The number of nitrogens with two attached hydrogens (primary N) is 2. The van der Waals surface area contributed by atoms with Crippen molar-refractivity contribution >= 4 is 17.4 Å². The van der Waals surface area contributed by atoms with Crippen LogP contribution in [0.2, 0.25) is 5.02 Å². The number of aromatic nitrogens is 1. The second-order valence-electron chi connectivity index (χ2n) is 4.72. The van der Waals surface area contributed by atoms with Crippen molar-refractivity contribution in [3.63, 3.8) is 0 Å². The molecule has 2 aromatic rings. The smallest absolute Gasteiger partial charge is 0.131 e. The van der Waals surface area contributed by atoms with Crippen LogP contribution in [0.5, 0.6) is 0 Å². The van der Waals surface area contributed by atoms with Crippen LogP contribution < -0.4 is 11.5 Å². The molecule has 92 valence electrons. The van der Waals surface area contributed by atoms with E-state index in [1.165, 1.54) is 0 Å². The first-order valence-electron chi connectivity index (χ1n) is 5.92. The fraction of sp³-hybridized carbons (Fsp3) is 0.214. The Hall–Kier alpha value is -1.58. The maximum Gasteiger partial charge on any atom is 0.131 e. The monoisotopic (exact) mass is 259 g/mol. The minimum Gasteiger partial charge on any atom is -0.383 e. The van der Waals surface area contributed by atoms with Gasteiger partial charge in [0.05, 0.1) is 0 Å². The van der Waals surface area contributed by atoms with E-state index >= 15 is 0 Å². The highest BCUT2D eigenvalue weighted by atomic mass is 35.5. The molecular weight excluding hydrogens is 246 g/mol. The third-order valence-electron chi connectivity index (χ3n) is 3.34. The van der Waals surface area contributed by atoms with Gasteiger partial charge in [-0.15, -0.1) is 0 Å². The predicted molar refractivity (Wildman–Crippen MR) is 74.4 cm³/mol. The van der Waals surface area contributed by atoms with E-state index < -0.39 is 0 Å². The van der Waals surface area contributed by atoms with Crippen molar-refractivity contribution in [2.75, 3.05) is 5.73 Å². The molecule has 4 N–H and O–H groups in total. The van der Waals surface area contributed by atoms with Crippen LogP contribution in [0.3, 0.4) is 0 Å². The fourth-order valence-electron chi connectivity index (χ4n) is 2.18. The molecule has 1 fully saturated rings. The van der Waals surface area contributed by atoms with Crippen LogP contribution in [0, 0.1) is 0 Å². The van der Waals surface area contributed by atoms with E-state index in [4.69, 9.17) is 23.1 Å². The van der Waals surface area contributed by atoms with E-state index in [1.54, 1.807) is 0 Å². The van der Waals surface area contributed by atoms with Gasteiger partial charge in [0, 0.05) is 28.7 Å². The Morgan fingerprint density at radius 1 is 1.28 bits per heavy atom. The van der Waals surface area contributed by atoms with Crippen molar-refractivity contribution in [2.45, 2.75) is 18.4 Å². The summed E-state index contributed by atoms with van der Waals surface area (Å²) in [6, 6.07) is 9.97. The van der Waals surface area contributed by atoms with Gasteiger partial charge >= 0.3 is 0 Å². The summed E-state index contributed by atoms with van der Waals surface area (Å²) in [5.74, 6) is 0.950. The van der Waals surface area contributed by atoms with Crippen molar-refractivity contribution in [2.24, 2.45) is 5.73 Å². The Kier molecular flexibility index (Phi) is 2.73. The lowest BCUT2D eigenvalue weighted by Gasteiger charge is -2.08. The average molecular weight is 260 g/mol. The number of pyridine rings is 1. The summed E-state index contributed by atoms with van der Waals surface area (Å²) in [5, 5.41) is 0.695. The molecule has 0 radical (unpaired) electrons. The van der Waals surface area contributed by atoms with Crippen LogP contribution in [-0.2, 0) is 0 Å². The highest BCUT2D eigenvalue weighted by molar-refractivity contribution is 6.30. The molecule has 1 aliphatic carbocycles. The molecule has 0 amide bonds. The van der Waals surface area contributed by atoms with Crippen LogP contribution in [0.25, 0.3) is 11.1 Å². The molecule has 2 atom stereocenters. The minimum atomic E-state index is 0.266. The quantitative estimate of drug-likeness (QED) is 0.872. The Morgan fingerprint density at radius 2 is 2.06 bits per heavy atom. The minimum absolute atomic E-state index is 0.266. The molecule has 2 unspecified atom stereocenters. The van der Waals surface area contributed by atoms with E-state index in [-0.39, 0.29) is 6.04 Å². The summed E-state index contributed by atoms with van der Waals surface area (Å²) >= 11 is 6.00. The molecule has 1 aromatic heterocycles. The van der Waals surface area contributed by atoms with Gasteiger partial charge in [-0.1, -0.05) is 23.7 Å². The lowest BCUT2D eigenvalue weighted by atomic mass is 10.0. The number of hydrogen-bond donors (Lipinski definition) is 2. The average Bonchev–Trinajstić information content (AvgIpc) is 3.07. The van der Waals surface area contributed by atoms with Crippen molar-refractivity contribution in [3.8, 4) is 11.1 Å². The van der Waals surface area contributed by atoms with Gasteiger partial charge in [-0.3, -0.25) is 0 Å². The topological polar surface area (TPSA) is 64.9 Å². The number of halogens is 1. The molecule has 1 saturated carbocycles. The second-order valence-corrected chi connectivity index (χ2v) is 5.15. The Bertz CT molecular complexity index is 597. The van der Waals surface area contributed by atoms with Gasteiger partial charge in [-0.05, 0) is 35.7 Å². The molecule has 4 heteroatoms. The number of hydrogen-bond acceptors (Lipinski definition) is 3. The zero-order valence-corrected chi connectivity index (χ0v) is 10.6. The molecule has 3 rings (SSSR count). The molecule has 0 aliphatic heterocycles. The normalized spacial score (nSPS) is 21.9. The largest absolute Gasteiger partial charge is 0.383 e. The molecule has 0 bridgehead atoms. The number of anilines is 1. The Balaban J connectivity index is 2.05. The zero-order chi connectivity index (χ0) is 12.7. The van der Waals surface area contributed by atoms with Gasteiger partial charge in [-0.2, -0.15) is 0 Å². The molecule has 3 nitrogen and oxygen atoms in total. The van der Waals surface area contributed by atoms with Gasteiger partial charge in [0.15, 0.2) is 0 Å². The second kappa shape index (κ2) is 4.26. The van der Waals surface area contributed by atoms with Crippen LogP contribution in [0.1, 0.15) is 17.9 Å². The van der Waals surface area contributed by atoms with Gasteiger partial charge in [-0.25, -0.2) is 4.98 Å². The molecular formula is C14H14ClN3. The standard InChI is InChI=1S/C14H14ClN3/c15-10-3-1-2-8(4-10)12-5-9(7-18-14(12)17)11-6-13(11)16/h1-5,7,11,13H,6,16H2,(H2,17,18). The Labute approximate surface area is 111 Å². The molecule has 0 spiro atoms. The summed E-state index contributed by atoms with van der Waals surface area (Å²) in [7, 11) is 0. The third-order valence-corrected chi connectivity index (χ3v) is 3.58. The summed E-state index contributed by atoms with van der Waals surface area (Å²) in [6.07, 6.45) is 2.85. The molecule has 1 aliphatic rings. The predicted octanol–water partition coefficient (Wildman–Crippen LogP) is 2.80. The van der Waals surface area contributed by atoms with Crippen molar-refractivity contribution in [3.05, 3.63) is 47.1 Å². The lowest BCUT2D eigenvalue weighted by molar-refractivity contribution is 0.982. The third kappa shape index (κ3) is 2.07. The van der Waals surface area contributed by atoms with Gasteiger partial charge in [0.1, 0.15) is 5.82 Å². The number of benzene rings is 1. The first kappa shape index (κ1) is 11.5. The maximum absolute atomic E-state index is 6.00. The van der Waals surface area contributed by atoms with E-state index in [9.17, 15) is 0 Å². The van der Waals surface area contributed by atoms with Crippen LogP contribution in [0.15, 0.2) is 36.5 Å². The van der Waals surface area contributed by atoms with Crippen LogP contribution >= 0.6 is 11.6 Å². The van der Waals surface area contributed by atoms with Crippen molar-refractivity contribution in [1.82, 2.24) is 4.98 Å². The van der Waals surface area contributed by atoms with Gasteiger partial charge in [0.2, 0.25) is 0 Å². The van der Waals surface area contributed by atoms with E-state index in [1.807, 2.05) is 30.5 Å². The van der Waals surface area contributed by atoms with Crippen molar-refractivity contribution in [1.29, 1.82) is 0 Å². The van der Waals surface area contributed by atoms with Crippen LogP contribution in [0.4, 0.5) is 5.82 Å².